The molecule has 2 amide bonds. The molecule has 0 unspecified atom stereocenters. The van der Waals surface area contributed by atoms with Crippen molar-refractivity contribution >= 4 is 40.8 Å². The van der Waals surface area contributed by atoms with Crippen molar-refractivity contribution in [2.45, 2.75) is 39.5 Å². The summed E-state index contributed by atoms with van der Waals surface area (Å²) in [7, 11) is 1.81. The molecule has 0 radical (unpaired) electrons. The molecule has 34 heavy (non-hydrogen) atoms. The number of carbonyl (C=O) groups is 3. The molecule has 1 fully saturated rings. The van der Waals surface area contributed by atoms with E-state index in [0.717, 1.165) is 42.4 Å². The Kier molecular flexibility index (Phi) is 7.26. The third kappa shape index (κ3) is 5.12. The molecule has 0 bridgehead atoms. The third-order valence-electron chi connectivity index (χ3n) is 6.45. The first-order valence-electron chi connectivity index (χ1n) is 11.7. The highest BCUT2D eigenvalue weighted by atomic mass is 32.1. The van der Waals surface area contributed by atoms with Crippen LogP contribution in [0.5, 0.6) is 0 Å². The number of aryl methyl sites for hydroxylation is 1. The monoisotopic (exact) mass is 478 g/mol. The Bertz CT molecular complexity index is 1170. The number of nitrogens with zero attached hydrogens (tertiary/aromatic N) is 3. The van der Waals surface area contributed by atoms with E-state index in [0.29, 0.717) is 34.4 Å². The molecule has 1 saturated carbocycles. The molecular formula is C26H30N4O3S. The van der Waals surface area contributed by atoms with Crippen LogP contribution in [0.1, 0.15) is 59.7 Å². The molecule has 1 aromatic carbocycles. The van der Waals surface area contributed by atoms with Crippen LogP contribution >= 0.6 is 11.3 Å². The fourth-order valence-corrected chi connectivity index (χ4v) is 5.43. The van der Waals surface area contributed by atoms with Gasteiger partial charge in [0.15, 0.2) is 6.29 Å². The van der Waals surface area contributed by atoms with Crippen molar-refractivity contribution in [2.24, 2.45) is 18.9 Å². The zero-order valence-electron chi connectivity index (χ0n) is 19.8. The molecule has 8 heteroatoms. The number of nitrogens with one attached hydrogen (secondary N) is 1. The first-order valence-corrected chi connectivity index (χ1v) is 12.5. The first-order chi connectivity index (χ1) is 16.4. The van der Waals surface area contributed by atoms with Crippen LogP contribution in [0, 0.1) is 11.8 Å². The van der Waals surface area contributed by atoms with E-state index < -0.39 is 0 Å². The largest absolute Gasteiger partial charge is 0.340 e. The maximum Gasteiger partial charge on any atom is 0.275 e. The van der Waals surface area contributed by atoms with Crippen LogP contribution in [0.3, 0.4) is 0 Å². The molecule has 3 aromatic rings. The van der Waals surface area contributed by atoms with Crippen LogP contribution in [0.2, 0.25) is 0 Å². The highest BCUT2D eigenvalue weighted by molar-refractivity contribution is 7.17. The Labute approximate surface area is 203 Å². The fourth-order valence-electron chi connectivity index (χ4n) is 4.45. The molecule has 0 atom stereocenters. The summed E-state index contributed by atoms with van der Waals surface area (Å²) >= 11 is 1.38. The summed E-state index contributed by atoms with van der Waals surface area (Å²) in [5.41, 5.74) is 2.62. The van der Waals surface area contributed by atoms with Crippen molar-refractivity contribution < 1.29 is 14.4 Å². The van der Waals surface area contributed by atoms with Gasteiger partial charge >= 0.3 is 0 Å². The Hall–Kier alpha value is -3.26. The summed E-state index contributed by atoms with van der Waals surface area (Å²) in [5, 5.41) is 2.84. The highest BCUT2D eigenvalue weighted by Crippen LogP contribution is 2.38. The van der Waals surface area contributed by atoms with Gasteiger partial charge in [0.2, 0.25) is 5.91 Å². The van der Waals surface area contributed by atoms with Crippen molar-refractivity contribution in [1.82, 2.24) is 9.55 Å². The van der Waals surface area contributed by atoms with Crippen LogP contribution in [0.15, 0.2) is 42.9 Å². The summed E-state index contributed by atoms with van der Waals surface area (Å²) in [6.45, 7) is 4.72. The van der Waals surface area contributed by atoms with Gasteiger partial charge in [-0.15, -0.1) is 11.3 Å². The normalized spacial score (nSPS) is 17.9. The number of anilines is 2. The van der Waals surface area contributed by atoms with Crippen molar-refractivity contribution in [3.8, 4) is 10.4 Å². The van der Waals surface area contributed by atoms with Gasteiger partial charge in [0.25, 0.3) is 5.91 Å². The summed E-state index contributed by atoms with van der Waals surface area (Å²) in [6.07, 6.45) is 8.05. The van der Waals surface area contributed by atoms with Gasteiger partial charge in [-0.05, 0) is 62.3 Å². The number of amides is 2. The predicted molar refractivity (Wildman–Crippen MR) is 135 cm³/mol. The van der Waals surface area contributed by atoms with Crippen molar-refractivity contribution in [1.29, 1.82) is 0 Å². The lowest BCUT2D eigenvalue weighted by molar-refractivity contribution is -0.123. The third-order valence-corrected chi connectivity index (χ3v) is 7.55. The lowest BCUT2D eigenvalue weighted by atomic mass is 9.82. The van der Waals surface area contributed by atoms with Gasteiger partial charge in [-0.25, -0.2) is 4.98 Å². The van der Waals surface area contributed by atoms with Crippen LogP contribution < -0.4 is 10.2 Å². The number of thiophene rings is 1. The lowest BCUT2D eigenvalue weighted by Gasteiger charge is -2.30. The average Bonchev–Trinajstić information content (AvgIpc) is 3.47. The molecule has 2 aromatic heterocycles. The van der Waals surface area contributed by atoms with Crippen LogP contribution in [0.25, 0.3) is 10.4 Å². The minimum atomic E-state index is -0.274. The van der Waals surface area contributed by atoms with E-state index in [1.54, 1.807) is 22.0 Å². The van der Waals surface area contributed by atoms with Crippen LogP contribution in [-0.4, -0.2) is 34.2 Å². The average molecular weight is 479 g/mol. The number of imidazole rings is 1. The Morgan fingerprint density at radius 2 is 1.91 bits per heavy atom. The van der Waals surface area contributed by atoms with Gasteiger partial charge in [0.05, 0.1) is 16.9 Å². The van der Waals surface area contributed by atoms with E-state index in [4.69, 9.17) is 0 Å². The summed E-state index contributed by atoms with van der Waals surface area (Å²) < 4.78 is 1.72. The molecule has 1 N–H and O–H groups in total. The van der Waals surface area contributed by atoms with Gasteiger partial charge in [-0.1, -0.05) is 19.1 Å². The number of hydrogen-bond donors (Lipinski definition) is 1. The summed E-state index contributed by atoms with van der Waals surface area (Å²) in [6, 6.07) is 9.38. The summed E-state index contributed by atoms with van der Waals surface area (Å²) in [4.78, 5) is 44.8. The highest BCUT2D eigenvalue weighted by Gasteiger charge is 2.30. The fraction of sp³-hybridized carbons (Fsp3) is 0.385. The van der Waals surface area contributed by atoms with Crippen LogP contribution in [-0.2, 0) is 11.8 Å². The van der Waals surface area contributed by atoms with Gasteiger partial charge in [0, 0.05) is 36.3 Å². The Morgan fingerprint density at radius 3 is 2.50 bits per heavy atom. The molecular weight excluding hydrogens is 448 g/mol. The standard InChI is InChI=1S/C26H30N4O3S/c1-4-30(26(33)19-7-5-17(2)6-8-19)22-13-23(34-24(22)15-31)18-9-11-20(12-10-18)28-25(32)21-14-29(3)16-27-21/h9-17,19H,4-8H2,1-3H3,(H,28,32). The predicted octanol–water partition coefficient (Wildman–Crippen LogP) is 5.39. The number of carbonyl (C=O) groups excluding carboxylic acids is 3. The van der Waals surface area contributed by atoms with Crippen molar-refractivity contribution in [3.05, 3.63) is 53.4 Å². The molecule has 0 spiro atoms. The SMILES string of the molecule is CCN(C(=O)C1CCC(C)CC1)c1cc(-c2ccc(NC(=O)c3cn(C)cn3)cc2)sc1C=O. The zero-order valence-corrected chi connectivity index (χ0v) is 20.6. The topological polar surface area (TPSA) is 84.3 Å². The first kappa shape index (κ1) is 23.9. The van der Waals surface area contributed by atoms with Gasteiger partial charge in [0.1, 0.15) is 5.69 Å². The number of rotatable bonds is 7. The number of hydrogen-bond acceptors (Lipinski definition) is 5. The molecule has 1 aliphatic rings. The van der Waals surface area contributed by atoms with E-state index in [1.807, 2.05) is 44.3 Å². The number of aldehydes is 1. The smallest absolute Gasteiger partial charge is 0.275 e. The quantitative estimate of drug-likeness (QED) is 0.461. The second kappa shape index (κ2) is 10.3. The van der Waals surface area contributed by atoms with E-state index in [1.165, 1.54) is 11.3 Å². The van der Waals surface area contributed by atoms with Crippen LogP contribution in [0.4, 0.5) is 11.4 Å². The van der Waals surface area contributed by atoms with Crippen molar-refractivity contribution in [3.63, 3.8) is 0 Å². The molecule has 7 nitrogen and oxygen atoms in total. The number of benzene rings is 1. The Balaban J connectivity index is 1.51. The lowest BCUT2D eigenvalue weighted by Crippen LogP contribution is -2.37. The molecule has 0 aliphatic heterocycles. The van der Waals surface area contributed by atoms with E-state index >= 15 is 0 Å². The second-order valence-electron chi connectivity index (χ2n) is 8.97. The minimum absolute atomic E-state index is 0.0287. The van der Waals surface area contributed by atoms with E-state index in [2.05, 4.69) is 17.2 Å². The van der Waals surface area contributed by atoms with E-state index in [9.17, 15) is 14.4 Å². The molecule has 4 rings (SSSR count). The maximum atomic E-state index is 13.3. The van der Waals surface area contributed by atoms with Crippen molar-refractivity contribution in [2.75, 3.05) is 16.8 Å². The maximum absolute atomic E-state index is 13.3. The molecule has 1 aliphatic carbocycles. The second-order valence-corrected chi connectivity index (χ2v) is 10.1. The van der Waals surface area contributed by atoms with Gasteiger partial charge in [-0.3, -0.25) is 14.4 Å². The molecule has 0 saturated heterocycles. The molecule has 178 valence electrons. The van der Waals surface area contributed by atoms with E-state index in [-0.39, 0.29) is 17.7 Å². The molecule has 2 heterocycles. The zero-order chi connectivity index (χ0) is 24.2. The van der Waals surface area contributed by atoms with Gasteiger partial charge in [-0.2, -0.15) is 0 Å². The minimum Gasteiger partial charge on any atom is -0.340 e. The Morgan fingerprint density at radius 1 is 1.21 bits per heavy atom. The summed E-state index contributed by atoms with van der Waals surface area (Å²) in [5.74, 6) is 0.550. The van der Waals surface area contributed by atoms with Gasteiger partial charge < -0.3 is 14.8 Å². The number of aromatic nitrogens is 2.